The van der Waals surface area contributed by atoms with E-state index in [9.17, 15) is 9.59 Å². The summed E-state index contributed by atoms with van der Waals surface area (Å²) >= 11 is 1.61. The van der Waals surface area contributed by atoms with Crippen LogP contribution in [0.1, 0.15) is 18.4 Å². The fourth-order valence-corrected chi connectivity index (χ4v) is 3.70. The highest BCUT2D eigenvalue weighted by Crippen LogP contribution is 2.31. The maximum atomic E-state index is 13.2. The first-order chi connectivity index (χ1) is 15.6. The molecule has 6 nitrogen and oxygen atoms in total. The van der Waals surface area contributed by atoms with Crippen LogP contribution in [0.2, 0.25) is 0 Å². The SMILES string of the molecule is COC(=O)[C@H](CCSC)NC(=O)C1=CCC(=COc2cccnc2)C=C1c1ccccc1. The summed E-state index contributed by atoms with van der Waals surface area (Å²) in [6.45, 7) is 0. The van der Waals surface area contributed by atoms with Crippen LogP contribution in [0.4, 0.5) is 0 Å². The number of pyridine rings is 1. The molecule has 1 aliphatic carbocycles. The van der Waals surface area contributed by atoms with E-state index in [1.165, 1.54) is 7.11 Å². The Labute approximate surface area is 192 Å². The number of thioether (sulfide) groups is 1. The van der Waals surface area contributed by atoms with Crippen LogP contribution in [0.5, 0.6) is 5.75 Å². The number of esters is 1. The normalized spacial score (nSPS) is 15.4. The van der Waals surface area contributed by atoms with Crippen molar-refractivity contribution in [1.29, 1.82) is 0 Å². The molecule has 0 saturated heterocycles. The third-order valence-corrected chi connectivity index (χ3v) is 5.52. The van der Waals surface area contributed by atoms with Crippen molar-refractivity contribution in [2.75, 3.05) is 19.1 Å². The van der Waals surface area contributed by atoms with Gasteiger partial charge in [-0.15, -0.1) is 0 Å². The summed E-state index contributed by atoms with van der Waals surface area (Å²) in [5.74, 6) is 0.624. The van der Waals surface area contributed by atoms with Crippen LogP contribution in [0.3, 0.4) is 0 Å². The van der Waals surface area contributed by atoms with Gasteiger partial charge < -0.3 is 14.8 Å². The standard InChI is InChI=1S/C25H26N2O4S/c1-30-25(29)23(12-14-32-2)27-24(28)21-11-10-18(17-31-20-9-6-13-26-16-20)15-22(21)19-7-4-3-5-8-19/h3-9,11,13,15-17,23H,10,12,14H2,1-2H3,(H,27,28)/t23-/m0/s1. The first-order valence-corrected chi connectivity index (χ1v) is 11.6. The molecule has 3 rings (SSSR count). The molecule has 0 unspecified atom stereocenters. The van der Waals surface area contributed by atoms with E-state index in [0.717, 1.165) is 22.5 Å². The zero-order valence-electron chi connectivity index (χ0n) is 18.1. The molecule has 0 aliphatic heterocycles. The van der Waals surface area contributed by atoms with Crippen LogP contribution < -0.4 is 10.1 Å². The van der Waals surface area contributed by atoms with Gasteiger partial charge in [-0.3, -0.25) is 9.78 Å². The number of benzene rings is 1. The lowest BCUT2D eigenvalue weighted by Gasteiger charge is -2.21. The Kier molecular flexibility index (Phi) is 8.69. The predicted molar refractivity (Wildman–Crippen MR) is 127 cm³/mol. The molecule has 2 aromatic rings. The van der Waals surface area contributed by atoms with Gasteiger partial charge in [-0.05, 0) is 59.8 Å². The van der Waals surface area contributed by atoms with E-state index in [1.54, 1.807) is 36.5 Å². The molecule has 0 radical (unpaired) electrons. The number of nitrogens with zero attached hydrogens (tertiary/aromatic N) is 1. The number of methoxy groups -OCH3 is 1. The summed E-state index contributed by atoms with van der Waals surface area (Å²) in [5, 5.41) is 2.85. The van der Waals surface area contributed by atoms with Crippen LogP contribution in [-0.4, -0.2) is 42.0 Å². The maximum Gasteiger partial charge on any atom is 0.328 e. The summed E-state index contributed by atoms with van der Waals surface area (Å²) in [7, 11) is 1.33. The third kappa shape index (κ3) is 6.34. The smallest absolute Gasteiger partial charge is 0.328 e. The number of rotatable bonds is 9. The topological polar surface area (TPSA) is 77.5 Å². The number of nitrogens with one attached hydrogen (secondary N) is 1. The minimum Gasteiger partial charge on any atom is -0.467 e. The molecule has 1 aromatic heterocycles. The average molecular weight is 451 g/mol. The quantitative estimate of drug-likeness (QED) is 0.456. The number of hydrogen-bond acceptors (Lipinski definition) is 6. The van der Waals surface area contributed by atoms with E-state index >= 15 is 0 Å². The summed E-state index contributed by atoms with van der Waals surface area (Å²) in [6, 6.07) is 12.6. The van der Waals surface area contributed by atoms with Crippen molar-refractivity contribution in [2.45, 2.75) is 18.9 Å². The van der Waals surface area contributed by atoms with Gasteiger partial charge >= 0.3 is 5.97 Å². The van der Waals surface area contributed by atoms with Crippen molar-refractivity contribution < 1.29 is 19.1 Å². The van der Waals surface area contributed by atoms with Crippen LogP contribution in [-0.2, 0) is 14.3 Å². The van der Waals surface area contributed by atoms with Gasteiger partial charge in [0.1, 0.15) is 11.8 Å². The molecule has 0 saturated carbocycles. The van der Waals surface area contributed by atoms with Crippen molar-refractivity contribution in [3.8, 4) is 5.75 Å². The number of allylic oxidation sites excluding steroid dienone is 3. The number of hydrogen-bond donors (Lipinski definition) is 1. The number of amides is 1. The van der Waals surface area contributed by atoms with Crippen molar-refractivity contribution in [3.05, 3.63) is 90.0 Å². The Morgan fingerprint density at radius 1 is 1.22 bits per heavy atom. The van der Waals surface area contributed by atoms with Crippen LogP contribution in [0.15, 0.2) is 84.4 Å². The molecular formula is C25H26N2O4S. The largest absolute Gasteiger partial charge is 0.467 e. The van der Waals surface area contributed by atoms with E-state index < -0.39 is 12.0 Å². The molecule has 32 heavy (non-hydrogen) atoms. The highest BCUT2D eigenvalue weighted by atomic mass is 32.2. The molecule has 1 amide bonds. The Morgan fingerprint density at radius 3 is 2.72 bits per heavy atom. The molecule has 0 bridgehead atoms. The maximum absolute atomic E-state index is 13.2. The molecule has 1 heterocycles. The summed E-state index contributed by atoms with van der Waals surface area (Å²) in [4.78, 5) is 29.4. The van der Waals surface area contributed by atoms with Gasteiger partial charge in [0.15, 0.2) is 0 Å². The second kappa shape index (κ2) is 11.9. The summed E-state index contributed by atoms with van der Waals surface area (Å²) in [6.07, 6.45) is 11.8. The monoisotopic (exact) mass is 450 g/mol. The van der Waals surface area contributed by atoms with Crippen molar-refractivity contribution in [3.63, 3.8) is 0 Å². The molecule has 1 aliphatic rings. The highest BCUT2D eigenvalue weighted by Gasteiger charge is 2.26. The average Bonchev–Trinajstić information content (AvgIpc) is 2.85. The number of carbonyl (C=O) groups excluding carboxylic acids is 2. The first-order valence-electron chi connectivity index (χ1n) is 10.2. The Bertz CT molecular complexity index is 1020. The lowest BCUT2D eigenvalue weighted by atomic mass is 9.89. The number of carbonyl (C=O) groups is 2. The van der Waals surface area contributed by atoms with Gasteiger partial charge in [-0.2, -0.15) is 11.8 Å². The second-order valence-electron chi connectivity index (χ2n) is 7.08. The van der Waals surface area contributed by atoms with E-state index in [0.29, 0.717) is 24.2 Å². The van der Waals surface area contributed by atoms with Gasteiger partial charge in [0.2, 0.25) is 0 Å². The predicted octanol–water partition coefficient (Wildman–Crippen LogP) is 4.17. The van der Waals surface area contributed by atoms with Crippen molar-refractivity contribution in [1.82, 2.24) is 10.3 Å². The van der Waals surface area contributed by atoms with Gasteiger partial charge in [-0.25, -0.2) is 4.79 Å². The molecule has 1 N–H and O–H groups in total. The van der Waals surface area contributed by atoms with Gasteiger partial charge in [-0.1, -0.05) is 36.4 Å². The molecular weight excluding hydrogens is 424 g/mol. The second-order valence-corrected chi connectivity index (χ2v) is 8.06. The number of ether oxygens (including phenoxy) is 2. The fraction of sp³-hybridized carbons (Fsp3) is 0.240. The minimum atomic E-state index is -0.691. The van der Waals surface area contributed by atoms with Gasteiger partial charge in [0.05, 0.1) is 19.6 Å². The Morgan fingerprint density at radius 2 is 2.03 bits per heavy atom. The van der Waals surface area contributed by atoms with Crippen molar-refractivity contribution in [2.24, 2.45) is 0 Å². The van der Waals surface area contributed by atoms with Crippen molar-refractivity contribution >= 4 is 29.2 Å². The molecule has 0 spiro atoms. The summed E-state index contributed by atoms with van der Waals surface area (Å²) < 4.78 is 10.6. The van der Waals surface area contributed by atoms with E-state index in [4.69, 9.17) is 9.47 Å². The van der Waals surface area contributed by atoms with Gasteiger partial charge in [0.25, 0.3) is 5.91 Å². The van der Waals surface area contributed by atoms with Gasteiger partial charge in [0, 0.05) is 11.8 Å². The fourth-order valence-electron chi connectivity index (χ4n) is 3.23. The first kappa shape index (κ1) is 23.3. The van der Waals surface area contributed by atoms with E-state index in [-0.39, 0.29) is 5.91 Å². The molecule has 0 fully saturated rings. The Hall–Kier alpha value is -3.32. The lowest BCUT2D eigenvalue weighted by Crippen LogP contribution is -2.42. The van der Waals surface area contributed by atoms with Crippen LogP contribution >= 0.6 is 11.8 Å². The molecule has 7 heteroatoms. The highest BCUT2D eigenvalue weighted by molar-refractivity contribution is 7.98. The van der Waals surface area contributed by atoms with E-state index in [2.05, 4.69) is 10.3 Å². The van der Waals surface area contributed by atoms with Crippen LogP contribution in [0, 0.1) is 0 Å². The van der Waals surface area contributed by atoms with Crippen LogP contribution in [0.25, 0.3) is 5.57 Å². The molecule has 1 aromatic carbocycles. The summed E-state index contributed by atoms with van der Waals surface area (Å²) in [5.41, 5.74) is 3.10. The number of aromatic nitrogens is 1. The zero-order chi connectivity index (χ0) is 22.8. The molecule has 166 valence electrons. The lowest BCUT2D eigenvalue weighted by molar-refractivity contribution is -0.144. The minimum absolute atomic E-state index is 0.302. The Balaban J connectivity index is 1.84. The molecule has 1 atom stereocenters. The zero-order valence-corrected chi connectivity index (χ0v) is 18.9. The third-order valence-electron chi connectivity index (χ3n) is 4.87. The van der Waals surface area contributed by atoms with E-state index in [1.807, 2.05) is 54.8 Å².